The molecule has 1 aromatic carbocycles. The Morgan fingerprint density at radius 1 is 1.58 bits per heavy atom. The zero-order valence-electron chi connectivity index (χ0n) is 6.93. The molecule has 1 aromatic rings. The number of ether oxygens (including phenoxy) is 1. The van der Waals surface area contributed by atoms with Crippen molar-refractivity contribution in [3.63, 3.8) is 0 Å². The van der Waals surface area contributed by atoms with Gasteiger partial charge in [0, 0.05) is 5.56 Å². The van der Waals surface area contributed by atoms with Crippen LogP contribution in [0.15, 0.2) is 24.8 Å². The van der Waals surface area contributed by atoms with Crippen molar-refractivity contribution in [2.75, 3.05) is 6.61 Å². The standard InChI is InChI=1S/C10H10FO/c1-3-8-7-9(12-4-2)5-6-10(8)11/h5-7H,1,4H2,2H3. The molecular weight excluding hydrogens is 155 g/mol. The van der Waals surface area contributed by atoms with Gasteiger partial charge in [-0.15, -0.1) is 0 Å². The predicted octanol–water partition coefficient (Wildman–Crippen LogP) is 2.56. The van der Waals surface area contributed by atoms with Crippen molar-refractivity contribution in [1.29, 1.82) is 0 Å². The monoisotopic (exact) mass is 165 g/mol. The van der Waals surface area contributed by atoms with Crippen LogP contribution in [0.3, 0.4) is 0 Å². The van der Waals surface area contributed by atoms with Gasteiger partial charge in [0.15, 0.2) is 0 Å². The first kappa shape index (κ1) is 8.78. The van der Waals surface area contributed by atoms with Crippen molar-refractivity contribution >= 4 is 0 Å². The average Bonchev–Trinajstić information content (AvgIpc) is 2.09. The Kier molecular flexibility index (Phi) is 2.86. The fourth-order valence-electron chi connectivity index (χ4n) is 0.896. The van der Waals surface area contributed by atoms with E-state index in [-0.39, 0.29) is 5.82 Å². The second-order valence-corrected chi connectivity index (χ2v) is 2.25. The molecule has 0 saturated carbocycles. The van der Waals surface area contributed by atoms with E-state index in [1.807, 2.05) is 6.92 Å². The highest BCUT2D eigenvalue weighted by molar-refractivity contribution is 5.32. The highest BCUT2D eigenvalue weighted by atomic mass is 19.1. The average molecular weight is 165 g/mol. The van der Waals surface area contributed by atoms with Gasteiger partial charge in [-0.05, 0) is 31.2 Å². The molecule has 1 nitrogen and oxygen atoms in total. The molecule has 1 radical (unpaired) electrons. The molecule has 0 heterocycles. The van der Waals surface area contributed by atoms with Gasteiger partial charge in [0.05, 0.1) is 6.61 Å². The molecule has 0 saturated heterocycles. The minimum absolute atomic E-state index is 0.326. The summed E-state index contributed by atoms with van der Waals surface area (Å²) in [5.41, 5.74) is 0.348. The Balaban J connectivity index is 2.96. The molecule has 0 N–H and O–H groups in total. The number of benzene rings is 1. The maximum atomic E-state index is 12.9. The molecule has 2 heteroatoms. The third kappa shape index (κ3) is 1.84. The normalized spacial score (nSPS) is 9.50. The molecule has 0 amide bonds. The van der Waals surface area contributed by atoms with Gasteiger partial charge in [0.25, 0.3) is 0 Å². The largest absolute Gasteiger partial charge is 0.494 e. The third-order valence-corrected chi connectivity index (χ3v) is 1.44. The number of hydrogen-bond donors (Lipinski definition) is 0. The molecule has 0 unspecified atom stereocenters. The summed E-state index contributed by atoms with van der Waals surface area (Å²) in [7, 11) is 0. The highest BCUT2D eigenvalue weighted by Crippen LogP contribution is 2.16. The third-order valence-electron chi connectivity index (χ3n) is 1.44. The topological polar surface area (TPSA) is 9.23 Å². The minimum Gasteiger partial charge on any atom is -0.494 e. The molecule has 0 bridgehead atoms. The van der Waals surface area contributed by atoms with Crippen LogP contribution >= 0.6 is 0 Å². The van der Waals surface area contributed by atoms with Crippen molar-refractivity contribution in [3.8, 4) is 5.75 Å². The van der Waals surface area contributed by atoms with Gasteiger partial charge in [-0.2, -0.15) is 0 Å². The predicted molar refractivity (Wildman–Crippen MR) is 45.5 cm³/mol. The van der Waals surface area contributed by atoms with E-state index < -0.39 is 0 Å². The number of rotatable bonds is 3. The van der Waals surface area contributed by atoms with Crippen LogP contribution in [0.5, 0.6) is 5.75 Å². The molecule has 0 aliphatic carbocycles. The molecule has 0 spiro atoms. The molecule has 12 heavy (non-hydrogen) atoms. The molecule has 0 aromatic heterocycles. The second kappa shape index (κ2) is 3.90. The first-order valence-electron chi connectivity index (χ1n) is 3.73. The minimum atomic E-state index is -0.326. The van der Waals surface area contributed by atoms with Crippen LogP contribution in [0.2, 0.25) is 0 Å². The maximum Gasteiger partial charge on any atom is 0.131 e. The van der Waals surface area contributed by atoms with Crippen LogP contribution in [0.4, 0.5) is 4.39 Å². The lowest BCUT2D eigenvalue weighted by Gasteiger charge is -2.03. The lowest BCUT2D eigenvalue weighted by atomic mass is 10.2. The summed E-state index contributed by atoms with van der Waals surface area (Å²) < 4.78 is 18.0. The van der Waals surface area contributed by atoms with Gasteiger partial charge < -0.3 is 4.74 Å². The molecule has 0 aliphatic heterocycles. The fraction of sp³-hybridized carbons (Fsp3) is 0.200. The van der Waals surface area contributed by atoms with Crippen molar-refractivity contribution in [1.82, 2.24) is 0 Å². The summed E-state index contributed by atoms with van der Waals surface area (Å²) in [6.45, 7) is 5.82. The van der Waals surface area contributed by atoms with E-state index in [1.165, 1.54) is 6.07 Å². The van der Waals surface area contributed by atoms with Crippen LogP contribution in [-0.2, 0) is 0 Å². The molecular formula is C10H10FO. The number of hydrogen-bond acceptors (Lipinski definition) is 1. The Morgan fingerprint density at radius 2 is 2.33 bits per heavy atom. The van der Waals surface area contributed by atoms with Gasteiger partial charge in [-0.3, -0.25) is 0 Å². The maximum absolute atomic E-state index is 12.9. The van der Waals surface area contributed by atoms with Gasteiger partial charge in [0.2, 0.25) is 0 Å². The van der Waals surface area contributed by atoms with E-state index >= 15 is 0 Å². The van der Waals surface area contributed by atoms with Gasteiger partial charge in [-0.25, -0.2) is 4.39 Å². The zero-order chi connectivity index (χ0) is 8.97. The van der Waals surface area contributed by atoms with Gasteiger partial charge in [-0.1, -0.05) is 6.58 Å². The first-order chi connectivity index (χ1) is 5.77. The molecule has 0 atom stereocenters. The summed E-state index contributed by atoms with van der Waals surface area (Å²) in [5.74, 6) is 0.318. The summed E-state index contributed by atoms with van der Waals surface area (Å²) in [6.07, 6.45) is 2.49. The lowest BCUT2D eigenvalue weighted by Crippen LogP contribution is -1.92. The van der Waals surface area contributed by atoms with Gasteiger partial charge >= 0.3 is 0 Å². The summed E-state index contributed by atoms with van der Waals surface area (Å²) in [4.78, 5) is 0. The SMILES string of the molecule is C=[C]c1cc(OCC)ccc1F. The Morgan fingerprint density at radius 3 is 2.92 bits per heavy atom. The van der Waals surface area contributed by atoms with Crippen molar-refractivity contribution in [2.24, 2.45) is 0 Å². The zero-order valence-corrected chi connectivity index (χ0v) is 6.93. The summed E-state index contributed by atoms with van der Waals surface area (Å²) in [6, 6.07) is 4.50. The van der Waals surface area contributed by atoms with Crippen molar-refractivity contribution in [2.45, 2.75) is 6.92 Å². The van der Waals surface area contributed by atoms with Gasteiger partial charge in [0.1, 0.15) is 11.6 Å². The summed E-state index contributed by atoms with van der Waals surface area (Å²) >= 11 is 0. The van der Waals surface area contributed by atoms with E-state index in [9.17, 15) is 4.39 Å². The van der Waals surface area contributed by atoms with Crippen LogP contribution in [0.1, 0.15) is 12.5 Å². The summed E-state index contributed by atoms with van der Waals surface area (Å²) in [5, 5.41) is 0. The van der Waals surface area contributed by atoms with Crippen LogP contribution in [-0.4, -0.2) is 6.61 Å². The fourth-order valence-corrected chi connectivity index (χ4v) is 0.896. The van der Waals surface area contributed by atoms with E-state index in [1.54, 1.807) is 12.1 Å². The molecule has 1 rings (SSSR count). The van der Waals surface area contributed by atoms with Crippen LogP contribution in [0, 0.1) is 11.9 Å². The lowest BCUT2D eigenvalue weighted by molar-refractivity contribution is 0.339. The van der Waals surface area contributed by atoms with E-state index in [2.05, 4.69) is 12.7 Å². The highest BCUT2D eigenvalue weighted by Gasteiger charge is 1.99. The molecule has 0 aliphatic rings. The van der Waals surface area contributed by atoms with Crippen LogP contribution in [0.25, 0.3) is 0 Å². The van der Waals surface area contributed by atoms with E-state index in [0.717, 1.165) is 0 Å². The molecule has 63 valence electrons. The van der Waals surface area contributed by atoms with E-state index in [0.29, 0.717) is 17.9 Å². The Labute approximate surface area is 71.5 Å². The smallest absolute Gasteiger partial charge is 0.131 e. The number of halogens is 1. The van der Waals surface area contributed by atoms with Crippen LogP contribution < -0.4 is 4.74 Å². The van der Waals surface area contributed by atoms with E-state index in [4.69, 9.17) is 4.74 Å². The van der Waals surface area contributed by atoms with Crippen molar-refractivity contribution in [3.05, 3.63) is 42.2 Å². The Bertz CT molecular complexity index is 281. The van der Waals surface area contributed by atoms with Crippen molar-refractivity contribution < 1.29 is 9.13 Å². The molecule has 0 fully saturated rings. The second-order valence-electron chi connectivity index (χ2n) is 2.25. The first-order valence-corrected chi connectivity index (χ1v) is 3.73. The quantitative estimate of drug-likeness (QED) is 0.668. The Hall–Kier alpha value is -1.31.